The standard InChI is InChI=1S/C14H21NO2/c1-10-5-3-8-13(15)14(10)17-12-7-4-6-11(9-12)16-2/h3,5,8,11-12H,4,6-7,9,15H2,1-2H3. The molecule has 1 saturated carbocycles. The van der Waals surface area contributed by atoms with Gasteiger partial charge in [0.15, 0.2) is 0 Å². The summed E-state index contributed by atoms with van der Waals surface area (Å²) in [5, 5.41) is 0. The molecule has 0 aliphatic heterocycles. The summed E-state index contributed by atoms with van der Waals surface area (Å²) in [6.45, 7) is 2.03. The molecule has 3 heteroatoms. The molecule has 0 radical (unpaired) electrons. The van der Waals surface area contributed by atoms with Gasteiger partial charge >= 0.3 is 0 Å². The average Bonchev–Trinajstić information content (AvgIpc) is 2.34. The molecular formula is C14H21NO2. The van der Waals surface area contributed by atoms with Gasteiger partial charge in [-0.05, 0) is 37.8 Å². The summed E-state index contributed by atoms with van der Waals surface area (Å²) < 4.78 is 11.5. The molecule has 0 bridgehead atoms. The molecule has 3 nitrogen and oxygen atoms in total. The van der Waals surface area contributed by atoms with Crippen LogP contribution in [0.2, 0.25) is 0 Å². The highest BCUT2D eigenvalue weighted by Crippen LogP contribution is 2.31. The van der Waals surface area contributed by atoms with E-state index in [9.17, 15) is 0 Å². The minimum atomic E-state index is 0.233. The summed E-state index contributed by atoms with van der Waals surface area (Å²) in [4.78, 5) is 0. The van der Waals surface area contributed by atoms with Crippen LogP contribution in [0.1, 0.15) is 31.2 Å². The van der Waals surface area contributed by atoms with E-state index in [1.165, 1.54) is 0 Å². The Morgan fingerprint density at radius 2 is 2.00 bits per heavy atom. The van der Waals surface area contributed by atoms with Gasteiger partial charge in [0.2, 0.25) is 0 Å². The van der Waals surface area contributed by atoms with Crippen LogP contribution in [0.25, 0.3) is 0 Å². The largest absolute Gasteiger partial charge is 0.488 e. The molecule has 17 heavy (non-hydrogen) atoms. The lowest BCUT2D eigenvalue weighted by atomic mass is 9.95. The molecule has 0 heterocycles. The lowest BCUT2D eigenvalue weighted by Gasteiger charge is -2.29. The van der Waals surface area contributed by atoms with E-state index < -0.39 is 0 Å². The Kier molecular flexibility index (Phi) is 3.89. The van der Waals surface area contributed by atoms with E-state index in [0.717, 1.165) is 42.7 Å². The zero-order valence-corrected chi connectivity index (χ0v) is 10.6. The molecule has 1 aliphatic rings. The molecular weight excluding hydrogens is 214 g/mol. The maximum absolute atomic E-state index is 6.04. The number of benzene rings is 1. The molecule has 2 N–H and O–H groups in total. The first kappa shape index (κ1) is 12.2. The van der Waals surface area contributed by atoms with Crippen molar-refractivity contribution in [3.05, 3.63) is 23.8 Å². The predicted octanol–water partition coefficient (Wildman–Crippen LogP) is 2.91. The van der Waals surface area contributed by atoms with Crippen LogP contribution in [0.3, 0.4) is 0 Å². The highest BCUT2D eigenvalue weighted by molar-refractivity contribution is 5.56. The van der Waals surface area contributed by atoms with Crippen LogP contribution >= 0.6 is 0 Å². The van der Waals surface area contributed by atoms with Crippen molar-refractivity contribution in [1.29, 1.82) is 0 Å². The maximum atomic E-state index is 6.04. The third-order valence-corrected chi connectivity index (χ3v) is 3.44. The zero-order valence-electron chi connectivity index (χ0n) is 10.6. The molecule has 1 fully saturated rings. The van der Waals surface area contributed by atoms with Gasteiger partial charge in [-0.15, -0.1) is 0 Å². The van der Waals surface area contributed by atoms with Gasteiger partial charge in [-0.1, -0.05) is 12.1 Å². The monoisotopic (exact) mass is 235 g/mol. The van der Waals surface area contributed by atoms with Gasteiger partial charge in [0.05, 0.1) is 11.8 Å². The van der Waals surface area contributed by atoms with Crippen molar-refractivity contribution in [1.82, 2.24) is 0 Å². The summed E-state index contributed by atoms with van der Waals surface area (Å²) in [5.41, 5.74) is 7.78. The fraction of sp³-hybridized carbons (Fsp3) is 0.571. The minimum absolute atomic E-state index is 0.233. The van der Waals surface area contributed by atoms with Gasteiger partial charge in [-0.2, -0.15) is 0 Å². The van der Waals surface area contributed by atoms with Crippen LogP contribution in [0, 0.1) is 6.92 Å². The molecule has 1 aromatic rings. The van der Waals surface area contributed by atoms with Crippen LogP contribution < -0.4 is 10.5 Å². The summed E-state index contributed by atoms with van der Waals surface area (Å²) in [5.74, 6) is 0.842. The van der Waals surface area contributed by atoms with Crippen molar-refractivity contribution in [3.63, 3.8) is 0 Å². The van der Waals surface area contributed by atoms with Crippen molar-refractivity contribution in [3.8, 4) is 5.75 Å². The van der Waals surface area contributed by atoms with E-state index in [-0.39, 0.29) is 6.10 Å². The zero-order chi connectivity index (χ0) is 12.3. The molecule has 2 atom stereocenters. The van der Waals surface area contributed by atoms with Gasteiger partial charge in [0, 0.05) is 13.5 Å². The smallest absolute Gasteiger partial charge is 0.145 e. The fourth-order valence-corrected chi connectivity index (χ4v) is 2.43. The van der Waals surface area contributed by atoms with E-state index in [1.807, 2.05) is 25.1 Å². The number of hydrogen-bond donors (Lipinski definition) is 1. The van der Waals surface area contributed by atoms with Crippen molar-refractivity contribution in [2.45, 2.75) is 44.8 Å². The van der Waals surface area contributed by atoms with Crippen LogP contribution in [0.4, 0.5) is 5.69 Å². The van der Waals surface area contributed by atoms with Crippen LogP contribution in [-0.2, 0) is 4.74 Å². The second-order valence-corrected chi connectivity index (χ2v) is 4.76. The average molecular weight is 235 g/mol. The third-order valence-electron chi connectivity index (χ3n) is 3.44. The second kappa shape index (κ2) is 5.41. The molecule has 0 amide bonds. The van der Waals surface area contributed by atoms with Crippen molar-refractivity contribution in [2.24, 2.45) is 0 Å². The predicted molar refractivity (Wildman–Crippen MR) is 69.3 cm³/mol. The number of ether oxygens (including phenoxy) is 2. The normalized spacial score (nSPS) is 24.6. The molecule has 1 aromatic carbocycles. The minimum Gasteiger partial charge on any atom is -0.488 e. The van der Waals surface area contributed by atoms with Crippen LogP contribution in [-0.4, -0.2) is 19.3 Å². The molecule has 1 aliphatic carbocycles. The van der Waals surface area contributed by atoms with E-state index >= 15 is 0 Å². The SMILES string of the molecule is COC1CCCC(Oc2c(C)cccc2N)C1. The van der Waals surface area contributed by atoms with Gasteiger partial charge in [-0.25, -0.2) is 0 Å². The Morgan fingerprint density at radius 3 is 2.71 bits per heavy atom. The Morgan fingerprint density at radius 1 is 1.24 bits per heavy atom. The number of hydrogen-bond acceptors (Lipinski definition) is 3. The maximum Gasteiger partial charge on any atom is 0.145 e. The molecule has 0 saturated heterocycles. The lowest BCUT2D eigenvalue weighted by Crippen LogP contribution is -2.29. The number of para-hydroxylation sites is 1. The Labute approximate surface area is 103 Å². The van der Waals surface area contributed by atoms with Gasteiger partial charge in [0.25, 0.3) is 0 Å². The summed E-state index contributed by atoms with van der Waals surface area (Å²) >= 11 is 0. The van der Waals surface area contributed by atoms with Crippen molar-refractivity contribution >= 4 is 5.69 Å². The number of nitrogen functional groups attached to an aromatic ring is 1. The number of rotatable bonds is 3. The van der Waals surface area contributed by atoms with Gasteiger partial charge in [-0.3, -0.25) is 0 Å². The Hall–Kier alpha value is -1.22. The number of aryl methyl sites for hydroxylation is 1. The highest BCUT2D eigenvalue weighted by Gasteiger charge is 2.23. The first-order chi connectivity index (χ1) is 8.20. The van der Waals surface area contributed by atoms with Gasteiger partial charge < -0.3 is 15.2 Å². The first-order valence-electron chi connectivity index (χ1n) is 6.25. The first-order valence-corrected chi connectivity index (χ1v) is 6.25. The quantitative estimate of drug-likeness (QED) is 0.819. The highest BCUT2D eigenvalue weighted by atomic mass is 16.5. The van der Waals surface area contributed by atoms with Gasteiger partial charge in [0.1, 0.15) is 11.9 Å². The topological polar surface area (TPSA) is 44.5 Å². The molecule has 0 aromatic heterocycles. The second-order valence-electron chi connectivity index (χ2n) is 4.76. The summed E-state index contributed by atoms with van der Waals surface area (Å²) in [6, 6.07) is 5.87. The summed E-state index contributed by atoms with van der Waals surface area (Å²) in [7, 11) is 1.77. The number of methoxy groups -OCH3 is 1. The fourth-order valence-electron chi connectivity index (χ4n) is 2.43. The third kappa shape index (κ3) is 2.91. The molecule has 0 spiro atoms. The number of anilines is 1. The Balaban J connectivity index is 2.05. The van der Waals surface area contributed by atoms with E-state index in [2.05, 4.69) is 0 Å². The van der Waals surface area contributed by atoms with Crippen molar-refractivity contribution in [2.75, 3.05) is 12.8 Å². The molecule has 94 valence electrons. The lowest BCUT2D eigenvalue weighted by molar-refractivity contribution is 0.0210. The van der Waals surface area contributed by atoms with E-state index in [0.29, 0.717) is 6.10 Å². The van der Waals surface area contributed by atoms with Crippen molar-refractivity contribution < 1.29 is 9.47 Å². The number of nitrogens with two attached hydrogens (primary N) is 1. The molecule has 2 unspecified atom stereocenters. The van der Waals surface area contributed by atoms with Crippen LogP contribution in [0.15, 0.2) is 18.2 Å². The molecule has 2 rings (SSSR count). The summed E-state index contributed by atoms with van der Waals surface area (Å²) in [6.07, 6.45) is 4.92. The van der Waals surface area contributed by atoms with Crippen LogP contribution in [0.5, 0.6) is 5.75 Å². The van der Waals surface area contributed by atoms with E-state index in [4.69, 9.17) is 15.2 Å². The Bertz CT molecular complexity index is 358. The van der Waals surface area contributed by atoms with E-state index in [1.54, 1.807) is 7.11 Å².